The van der Waals surface area contributed by atoms with E-state index in [1.807, 2.05) is 44.2 Å². The van der Waals surface area contributed by atoms with Crippen LogP contribution in [0, 0.1) is 20.8 Å². The number of aromatic nitrogens is 2. The minimum atomic E-state index is -0.0865. The summed E-state index contributed by atoms with van der Waals surface area (Å²) in [5, 5.41) is 0.694. The summed E-state index contributed by atoms with van der Waals surface area (Å²) in [7, 11) is 0. The number of aromatic amines is 1. The van der Waals surface area contributed by atoms with Gasteiger partial charge < -0.3 is 9.72 Å². The van der Waals surface area contributed by atoms with E-state index in [1.165, 1.54) is 5.56 Å². The van der Waals surface area contributed by atoms with Crippen LogP contribution in [0.5, 0.6) is 5.75 Å². The first-order valence-electron chi connectivity index (χ1n) is 8.80. The lowest BCUT2D eigenvalue weighted by Gasteiger charge is -2.08. The molecule has 2 heterocycles. The Labute approximate surface area is 161 Å². The van der Waals surface area contributed by atoms with Gasteiger partial charge in [0, 0.05) is 10.4 Å². The highest BCUT2D eigenvalue weighted by atomic mass is 32.1. The zero-order valence-electron chi connectivity index (χ0n) is 15.5. The van der Waals surface area contributed by atoms with E-state index in [4.69, 9.17) is 4.74 Å². The molecular formula is C22H20N2O2S. The summed E-state index contributed by atoms with van der Waals surface area (Å²) >= 11 is 1.56. The monoisotopic (exact) mass is 376 g/mol. The standard InChI is InChI=1S/C22H20N2O2S/c1-13-5-4-6-16(11-13)12-26-18-9-7-17(8-10-18)20-23-21(25)19-14(2)15(3)27-22(19)24-20/h4-11H,12H2,1-3H3,(H,23,24,25). The Hall–Kier alpha value is -2.92. The van der Waals surface area contributed by atoms with Crippen LogP contribution in [-0.2, 0) is 6.61 Å². The zero-order valence-corrected chi connectivity index (χ0v) is 16.3. The number of H-pyrrole nitrogens is 1. The van der Waals surface area contributed by atoms with Crippen LogP contribution in [0.25, 0.3) is 21.6 Å². The molecule has 0 spiro atoms. The molecule has 0 saturated carbocycles. The highest BCUT2D eigenvalue weighted by Gasteiger charge is 2.12. The van der Waals surface area contributed by atoms with Crippen molar-refractivity contribution in [3.05, 3.63) is 80.5 Å². The molecule has 0 atom stereocenters. The maximum absolute atomic E-state index is 12.4. The van der Waals surface area contributed by atoms with E-state index in [1.54, 1.807) is 11.3 Å². The average Bonchev–Trinajstić information content (AvgIpc) is 2.95. The second kappa shape index (κ2) is 7.00. The van der Waals surface area contributed by atoms with Crippen molar-refractivity contribution in [2.45, 2.75) is 27.4 Å². The van der Waals surface area contributed by atoms with Crippen molar-refractivity contribution in [3.63, 3.8) is 0 Å². The second-order valence-electron chi connectivity index (χ2n) is 6.68. The molecule has 0 radical (unpaired) electrons. The van der Waals surface area contributed by atoms with Crippen molar-refractivity contribution < 1.29 is 4.74 Å². The first kappa shape index (κ1) is 17.5. The number of benzene rings is 2. The van der Waals surface area contributed by atoms with Crippen LogP contribution < -0.4 is 10.3 Å². The van der Waals surface area contributed by atoms with Gasteiger partial charge in [-0.1, -0.05) is 29.8 Å². The maximum atomic E-state index is 12.4. The van der Waals surface area contributed by atoms with Crippen LogP contribution in [0.2, 0.25) is 0 Å². The number of ether oxygens (including phenoxy) is 1. The fraction of sp³-hybridized carbons (Fsp3) is 0.182. The number of hydrogen-bond acceptors (Lipinski definition) is 4. The molecule has 0 aliphatic rings. The molecule has 2 aromatic heterocycles. The van der Waals surface area contributed by atoms with Crippen molar-refractivity contribution in [1.29, 1.82) is 0 Å². The summed E-state index contributed by atoms with van der Waals surface area (Å²) in [6.45, 7) is 6.57. The van der Waals surface area contributed by atoms with Crippen molar-refractivity contribution in [1.82, 2.24) is 9.97 Å². The molecule has 4 rings (SSSR count). The minimum absolute atomic E-state index is 0.0865. The van der Waals surface area contributed by atoms with E-state index < -0.39 is 0 Å². The molecule has 4 aromatic rings. The zero-order chi connectivity index (χ0) is 19.0. The van der Waals surface area contributed by atoms with Crippen LogP contribution in [0.4, 0.5) is 0 Å². The largest absolute Gasteiger partial charge is 0.489 e. The first-order valence-corrected chi connectivity index (χ1v) is 9.62. The smallest absolute Gasteiger partial charge is 0.260 e. The molecule has 5 heteroatoms. The van der Waals surface area contributed by atoms with Crippen LogP contribution in [0.1, 0.15) is 21.6 Å². The van der Waals surface area contributed by atoms with Gasteiger partial charge in [0.05, 0.1) is 5.39 Å². The lowest BCUT2D eigenvalue weighted by Crippen LogP contribution is -2.09. The molecule has 2 aromatic carbocycles. The summed E-state index contributed by atoms with van der Waals surface area (Å²) in [6, 6.07) is 15.9. The Morgan fingerprint density at radius 1 is 1.07 bits per heavy atom. The number of hydrogen-bond donors (Lipinski definition) is 1. The van der Waals surface area contributed by atoms with Gasteiger partial charge >= 0.3 is 0 Å². The summed E-state index contributed by atoms with van der Waals surface area (Å²) in [6.07, 6.45) is 0. The van der Waals surface area contributed by atoms with Crippen LogP contribution in [-0.4, -0.2) is 9.97 Å². The number of nitrogens with one attached hydrogen (secondary N) is 1. The fourth-order valence-electron chi connectivity index (χ4n) is 3.07. The highest BCUT2D eigenvalue weighted by molar-refractivity contribution is 7.18. The molecule has 0 aliphatic heterocycles. The molecule has 4 nitrogen and oxygen atoms in total. The number of aryl methyl sites for hydroxylation is 3. The van der Waals surface area contributed by atoms with Gasteiger partial charge in [0.15, 0.2) is 0 Å². The highest BCUT2D eigenvalue weighted by Crippen LogP contribution is 2.28. The predicted molar refractivity (Wildman–Crippen MR) is 111 cm³/mol. The van der Waals surface area contributed by atoms with Gasteiger partial charge in [-0.3, -0.25) is 4.79 Å². The summed E-state index contributed by atoms with van der Waals surface area (Å²) in [4.78, 5) is 21.9. The van der Waals surface area contributed by atoms with E-state index in [0.29, 0.717) is 17.8 Å². The topological polar surface area (TPSA) is 55.0 Å². The number of fused-ring (bicyclic) bond motifs is 1. The van der Waals surface area contributed by atoms with E-state index in [2.05, 4.69) is 35.1 Å². The molecule has 0 aliphatic carbocycles. The van der Waals surface area contributed by atoms with Gasteiger partial charge in [-0.2, -0.15) is 0 Å². The molecule has 0 amide bonds. The normalized spacial score (nSPS) is 11.1. The third-order valence-corrected chi connectivity index (χ3v) is 5.76. The number of nitrogens with zero attached hydrogens (tertiary/aromatic N) is 1. The molecule has 1 N–H and O–H groups in total. The van der Waals surface area contributed by atoms with Crippen molar-refractivity contribution in [2.24, 2.45) is 0 Å². The molecule has 0 unspecified atom stereocenters. The Balaban J connectivity index is 1.57. The van der Waals surface area contributed by atoms with Gasteiger partial charge in [0.2, 0.25) is 0 Å². The van der Waals surface area contributed by atoms with E-state index in [0.717, 1.165) is 32.1 Å². The number of rotatable bonds is 4. The molecule has 0 fully saturated rings. The van der Waals surface area contributed by atoms with E-state index in [9.17, 15) is 4.79 Å². The summed E-state index contributed by atoms with van der Waals surface area (Å²) < 4.78 is 5.86. The van der Waals surface area contributed by atoms with Gasteiger partial charge in [0.1, 0.15) is 23.0 Å². The van der Waals surface area contributed by atoms with Crippen molar-refractivity contribution >= 4 is 21.6 Å². The van der Waals surface area contributed by atoms with Crippen molar-refractivity contribution in [3.8, 4) is 17.1 Å². The molecule has 0 saturated heterocycles. The van der Waals surface area contributed by atoms with Gasteiger partial charge in [-0.05, 0) is 56.2 Å². The van der Waals surface area contributed by atoms with Gasteiger partial charge in [-0.25, -0.2) is 4.98 Å². The minimum Gasteiger partial charge on any atom is -0.489 e. The molecule has 136 valence electrons. The molecular weight excluding hydrogens is 356 g/mol. The average molecular weight is 376 g/mol. The van der Waals surface area contributed by atoms with Gasteiger partial charge in [0.25, 0.3) is 5.56 Å². The third kappa shape index (κ3) is 3.51. The summed E-state index contributed by atoms with van der Waals surface area (Å²) in [5.41, 5.74) is 4.14. The quantitative estimate of drug-likeness (QED) is 0.535. The Morgan fingerprint density at radius 3 is 2.59 bits per heavy atom. The molecule has 27 heavy (non-hydrogen) atoms. The Bertz CT molecular complexity index is 1170. The SMILES string of the molecule is Cc1cccc(COc2ccc(-c3nc4sc(C)c(C)c4c(=O)[nH]3)cc2)c1. The van der Waals surface area contributed by atoms with Crippen LogP contribution in [0.15, 0.2) is 53.3 Å². The van der Waals surface area contributed by atoms with E-state index in [-0.39, 0.29) is 5.56 Å². The lowest BCUT2D eigenvalue weighted by atomic mass is 10.1. The number of thiophene rings is 1. The van der Waals surface area contributed by atoms with Crippen LogP contribution >= 0.6 is 11.3 Å². The van der Waals surface area contributed by atoms with Crippen molar-refractivity contribution in [2.75, 3.05) is 0 Å². The van der Waals surface area contributed by atoms with Gasteiger partial charge in [-0.15, -0.1) is 11.3 Å². The lowest BCUT2D eigenvalue weighted by molar-refractivity contribution is 0.306. The molecule has 0 bridgehead atoms. The Morgan fingerprint density at radius 2 is 1.85 bits per heavy atom. The van der Waals surface area contributed by atoms with Crippen LogP contribution in [0.3, 0.4) is 0 Å². The first-order chi connectivity index (χ1) is 13.0. The summed E-state index contributed by atoms with van der Waals surface area (Å²) in [5.74, 6) is 1.37. The van der Waals surface area contributed by atoms with E-state index >= 15 is 0 Å². The fourth-order valence-corrected chi connectivity index (χ4v) is 4.10. The third-order valence-electron chi connectivity index (χ3n) is 4.65. The Kier molecular flexibility index (Phi) is 4.54. The predicted octanol–water partition coefficient (Wildman–Crippen LogP) is 5.16. The maximum Gasteiger partial charge on any atom is 0.260 e. The second-order valence-corrected chi connectivity index (χ2v) is 7.88.